The zero-order chi connectivity index (χ0) is 16.9. The number of nitrogens with zero attached hydrogens (tertiary/aromatic N) is 1. The number of nitrogens with one attached hydrogen (secondary N) is 1. The molecule has 3 rings (SSSR count). The Morgan fingerprint density at radius 2 is 2.33 bits per heavy atom. The minimum Gasteiger partial charge on any atom is -0.497 e. The Balaban J connectivity index is 1.76. The molecule has 1 aromatic heterocycles. The number of rotatable bonds is 6. The zero-order valence-electron chi connectivity index (χ0n) is 14.2. The van der Waals surface area contributed by atoms with Gasteiger partial charge in [-0.2, -0.15) is 0 Å². The molecule has 0 amide bonds. The van der Waals surface area contributed by atoms with Crippen LogP contribution in [0.5, 0.6) is 5.75 Å². The number of fused-ring (bicyclic) bond motifs is 1. The number of aliphatic hydroxyl groups is 1. The van der Waals surface area contributed by atoms with E-state index in [1.807, 2.05) is 24.3 Å². The van der Waals surface area contributed by atoms with Crippen molar-refractivity contribution in [1.82, 2.24) is 10.3 Å². The third-order valence-corrected chi connectivity index (χ3v) is 5.13. The monoisotopic (exact) mass is 326 g/mol. The van der Waals surface area contributed by atoms with Crippen molar-refractivity contribution < 1.29 is 9.84 Å². The molecule has 4 heteroatoms. The lowest BCUT2D eigenvalue weighted by Crippen LogP contribution is -2.35. The van der Waals surface area contributed by atoms with Crippen LogP contribution in [0.2, 0.25) is 0 Å². The number of piperidine rings is 1. The smallest absolute Gasteiger partial charge is 0.119 e. The molecule has 1 aromatic carbocycles. The van der Waals surface area contributed by atoms with Crippen molar-refractivity contribution in [2.24, 2.45) is 11.8 Å². The van der Waals surface area contributed by atoms with E-state index in [1.54, 1.807) is 13.3 Å². The van der Waals surface area contributed by atoms with Crippen molar-refractivity contribution in [2.45, 2.75) is 25.4 Å². The van der Waals surface area contributed by atoms with Gasteiger partial charge >= 0.3 is 0 Å². The minimum atomic E-state index is -0.483. The predicted octanol–water partition coefficient (Wildman–Crippen LogP) is 3.47. The Kier molecular flexibility index (Phi) is 5.48. The van der Waals surface area contributed by atoms with Crippen LogP contribution in [-0.2, 0) is 0 Å². The number of aromatic nitrogens is 1. The Morgan fingerprint density at radius 3 is 3.12 bits per heavy atom. The summed E-state index contributed by atoms with van der Waals surface area (Å²) in [6.45, 7) is 6.01. The third kappa shape index (κ3) is 3.60. The normalized spacial score (nSPS) is 22.2. The number of methoxy groups -OCH3 is 1. The molecule has 1 fully saturated rings. The average Bonchev–Trinajstić information content (AvgIpc) is 2.65. The predicted molar refractivity (Wildman–Crippen MR) is 97.2 cm³/mol. The lowest BCUT2D eigenvalue weighted by molar-refractivity contribution is 0.147. The molecule has 1 aliphatic rings. The maximum atomic E-state index is 10.8. The van der Waals surface area contributed by atoms with Gasteiger partial charge in [-0.1, -0.05) is 6.08 Å². The third-order valence-electron chi connectivity index (χ3n) is 5.13. The van der Waals surface area contributed by atoms with Gasteiger partial charge in [0.05, 0.1) is 18.7 Å². The first kappa shape index (κ1) is 16.9. The number of aliphatic hydroxyl groups excluding tert-OH is 1. The van der Waals surface area contributed by atoms with Crippen LogP contribution < -0.4 is 10.1 Å². The SMILES string of the molecule is C=C[C@H]1CNCC[C@H]1CC[C@H](O)c1ccnc2ccc(OC)cc12. The zero-order valence-corrected chi connectivity index (χ0v) is 14.2. The largest absolute Gasteiger partial charge is 0.497 e. The molecule has 3 atom stereocenters. The van der Waals surface area contributed by atoms with E-state index >= 15 is 0 Å². The number of ether oxygens (including phenoxy) is 1. The van der Waals surface area contributed by atoms with E-state index in [2.05, 4.69) is 23.0 Å². The van der Waals surface area contributed by atoms with Gasteiger partial charge in [-0.15, -0.1) is 6.58 Å². The van der Waals surface area contributed by atoms with Gasteiger partial charge in [0.15, 0.2) is 0 Å². The fourth-order valence-corrected chi connectivity index (χ4v) is 3.66. The first-order chi connectivity index (χ1) is 11.7. The Morgan fingerprint density at radius 1 is 1.46 bits per heavy atom. The highest BCUT2D eigenvalue weighted by Gasteiger charge is 2.23. The Hall–Kier alpha value is -1.91. The van der Waals surface area contributed by atoms with E-state index in [-0.39, 0.29) is 0 Å². The first-order valence-electron chi connectivity index (χ1n) is 8.67. The molecule has 4 nitrogen and oxygen atoms in total. The summed E-state index contributed by atoms with van der Waals surface area (Å²) in [6.07, 6.45) is 6.25. The van der Waals surface area contributed by atoms with Crippen LogP contribution in [-0.4, -0.2) is 30.3 Å². The summed E-state index contributed by atoms with van der Waals surface area (Å²) in [6, 6.07) is 7.71. The lowest BCUT2D eigenvalue weighted by Gasteiger charge is -2.30. The molecule has 0 bridgehead atoms. The molecule has 2 aromatic rings. The summed E-state index contributed by atoms with van der Waals surface area (Å²) in [5.41, 5.74) is 1.82. The average molecular weight is 326 g/mol. The maximum absolute atomic E-state index is 10.8. The van der Waals surface area contributed by atoms with Crippen molar-refractivity contribution in [3.63, 3.8) is 0 Å². The quantitative estimate of drug-likeness (QED) is 0.798. The highest BCUT2D eigenvalue weighted by atomic mass is 16.5. The molecule has 2 heterocycles. The van der Waals surface area contributed by atoms with Gasteiger partial charge in [-0.3, -0.25) is 4.98 Å². The van der Waals surface area contributed by atoms with Crippen molar-refractivity contribution >= 4 is 10.9 Å². The standard InChI is InChI=1S/C20H26N2O2/c1-3-14-13-21-10-8-15(14)4-7-20(23)17-9-11-22-19-6-5-16(24-2)12-18(17)19/h3,5-6,9,11-12,14-15,20-21,23H,1,4,7-8,10,13H2,2H3/t14-,15+,20-/m0/s1. The first-order valence-corrected chi connectivity index (χ1v) is 8.67. The van der Waals surface area contributed by atoms with Crippen molar-refractivity contribution in [3.8, 4) is 5.75 Å². The van der Waals surface area contributed by atoms with Gasteiger partial charge < -0.3 is 15.2 Å². The molecular formula is C20H26N2O2. The second-order valence-corrected chi connectivity index (χ2v) is 6.53. The summed E-state index contributed by atoms with van der Waals surface area (Å²) in [5.74, 6) is 1.88. The van der Waals surface area contributed by atoms with Crippen LogP contribution in [0, 0.1) is 11.8 Å². The van der Waals surface area contributed by atoms with Crippen molar-refractivity contribution in [3.05, 3.63) is 48.7 Å². The van der Waals surface area contributed by atoms with Crippen molar-refractivity contribution in [1.29, 1.82) is 0 Å². The van der Waals surface area contributed by atoms with Crippen LogP contribution in [0.25, 0.3) is 10.9 Å². The second-order valence-electron chi connectivity index (χ2n) is 6.53. The van der Waals surface area contributed by atoms with Crippen LogP contribution in [0.1, 0.15) is 30.9 Å². The fraction of sp³-hybridized carbons (Fsp3) is 0.450. The van der Waals surface area contributed by atoms with Crippen LogP contribution in [0.15, 0.2) is 43.1 Å². The summed E-state index contributed by atoms with van der Waals surface area (Å²) in [7, 11) is 1.65. The van der Waals surface area contributed by atoms with E-state index in [0.717, 1.165) is 54.6 Å². The molecule has 0 unspecified atom stereocenters. The van der Waals surface area contributed by atoms with Gasteiger partial charge in [-0.05, 0) is 67.5 Å². The molecular weight excluding hydrogens is 300 g/mol. The van der Waals surface area contributed by atoms with E-state index in [0.29, 0.717) is 11.8 Å². The minimum absolute atomic E-state index is 0.483. The molecule has 0 radical (unpaired) electrons. The van der Waals surface area contributed by atoms with E-state index in [1.165, 1.54) is 0 Å². The molecule has 128 valence electrons. The second kappa shape index (κ2) is 7.77. The lowest BCUT2D eigenvalue weighted by atomic mass is 9.82. The number of pyridine rings is 1. The molecule has 1 saturated heterocycles. The fourth-order valence-electron chi connectivity index (χ4n) is 3.66. The molecule has 2 N–H and O–H groups in total. The van der Waals surface area contributed by atoms with Crippen LogP contribution >= 0.6 is 0 Å². The highest BCUT2D eigenvalue weighted by molar-refractivity contribution is 5.83. The summed E-state index contributed by atoms with van der Waals surface area (Å²) in [5, 5.41) is 15.1. The van der Waals surface area contributed by atoms with Crippen molar-refractivity contribution in [2.75, 3.05) is 20.2 Å². The molecule has 1 aliphatic heterocycles. The van der Waals surface area contributed by atoms with Gasteiger partial charge in [0.2, 0.25) is 0 Å². The van der Waals surface area contributed by atoms with Crippen LogP contribution in [0.4, 0.5) is 0 Å². The highest BCUT2D eigenvalue weighted by Crippen LogP contribution is 2.32. The Labute approximate surface area is 143 Å². The van der Waals surface area contributed by atoms with E-state index in [4.69, 9.17) is 4.74 Å². The van der Waals surface area contributed by atoms with E-state index in [9.17, 15) is 5.11 Å². The topological polar surface area (TPSA) is 54.4 Å². The van der Waals surface area contributed by atoms with Crippen LogP contribution in [0.3, 0.4) is 0 Å². The van der Waals surface area contributed by atoms with Gasteiger partial charge in [-0.25, -0.2) is 0 Å². The van der Waals surface area contributed by atoms with Gasteiger partial charge in [0.25, 0.3) is 0 Å². The molecule has 0 saturated carbocycles. The summed E-state index contributed by atoms with van der Waals surface area (Å²) in [4.78, 5) is 4.39. The Bertz CT molecular complexity index is 701. The van der Waals surface area contributed by atoms with Gasteiger partial charge in [0, 0.05) is 18.1 Å². The maximum Gasteiger partial charge on any atom is 0.119 e. The summed E-state index contributed by atoms with van der Waals surface area (Å²) < 4.78 is 5.31. The van der Waals surface area contributed by atoms with Gasteiger partial charge in [0.1, 0.15) is 5.75 Å². The number of hydrogen-bond donors (Lipinski definition) is 2. The number of benzene rings is 1. The summed E-state index contributed by atoms with van der Waals surface area (Å²) >= 11 is 0. The number of hydrogen-bond acceptors (Lipinski definition) is 4. The molecule has 0 aliphatic carbocycles. The van der Waals surface area contributed by atoms with E-state index < -0.39 is 6.10 Å². The molecule has 24 heavy (non-hydrogen) atoms. The molecule has 0 spiro atoms.